The molecule has 0 amide bonds. The van der Waals surface area contributed by atoms with E-state index in [1.165, 1.54) is 0 Å². The van der Waals surface area contributed by atoms with Gasteiger partial charge in [0.2, 0.25) is 0 Å². The van der Waals surface area contributed by atoms with Crippen LogP contribution in [0.5, 0.6) is 11.5 Å². The molecule has 1 unspecified atom stereocenters. The van der Waals surface area contributed by atoms with Gasteiger partial charge in [-0.25, -0.2) is 0 Å². The SMILES string of the molecule is COc1cccc(C(C)CN)c1OC1CCOCC1. The van der Waals surface area contributed by atoms with Crippen molar-refractivity contribution in [2.24, 2.45) is 5.73 Å². The molecule has 1 saturated heterocycles. The maximum absolute atomic E-state index is 6.17. The Morgan fingerprint density at radius 1 is 1.37 bits per heavy atom. The summed E-state index contributed by atoms with van der Waals surface area (Å²) in [5, 5.41) is 0. The molecule has 0 bridgehead atoms. The van der Waals surface area contributed by atoms with Crippen LogP contribution in [0.4, 0.5) is 0 Å². The first-order chi connectivity index (χ1) is 9.26. The van der Waals surface area contributed by atoms with Crippen molar-refractivity contribution in [1.82, 2.24) is 0 Å². The van der Waals surface area contributed by atoms with Gasteiger partial charge in [-0.3, -0.25) is 0 Å². The third kappa shape index (κ3) is 3.39. The van der Waals surface area contributed by atoms with Crippen molar-refractivity contribution >= 4 is 0 Å². The van der Waals surface area contributed by atoms with Crippen LogP contribution in [0.3, 0.4) is 0 Å². The fourth-order valence-corrected chi connectivity index (χ4v) is 2.30. The lowest BCUT2D eigenvalue weighted by molar-refractivity contribution is 0.0240. The van der Waals surface area contributed by atoms with Crippen molar-refractivity contribution in [3.05, 3.63) is 23.8 Å². The summed E-state index contributed by atoms with van der Waals surface area (Å²) < 4.78 is 17.0. The molecule has 106 valence electrons. The van der Waals surface area contributed by atoms with Gasteiger partial charge in [-0.1, -0.05) is 19.1 Å². The molecule has 0 radical (unpaired) electrons. The van der Waals surface area contributed by atoms with Gasteiger partial charge >= 0.3 is 0 Å². The van der Waals surface area contributed by atoms with Gasteiger partial charge < -0.3 is 19.9 Å². The average molecular weight is 265 g/mol. The van der Waals surface area contributed by atoms with E-state index in [1.807, 2.05) is 12.1 Å². The van der Waals surface area contributed by atoms with Crippen LogP contribution in [0.1, 0.15) is 31.2 Å². The summed E-state index contributed by atoms with van der Waals surface area (Å²) in [7, 11) is 1.67. The van der Waals surface area contributed by atoms with Crippen LogP contribution >= 0.6 is 0 Å². The van der Waals surface area contributed by atoms with E-state index in [4.69, 9.17) is 19.9 Å². The lowest BCUT2D eigenvalue weighted by Crippen LogP contribution is -2.26. The number of para-hydroxylation sites is 1. The number of hydrogen-bond donors (Lipinski definition) is 1. The van der Waals surface area contributed by atoms with Gasteiger partial charge in [0.15, 0.2) is 11.5 Å². The Kier molecular flexibility index (Phi) is 5.05. The fraction of sp³-hybridized carbons (Fsp3) is 0.600. The highest BCUT2D eigenvalue weighted by atomic mass is 16.5. The van der Waals surface area contributed by atoms with Gasteiger partial charge in [-0.15, -0.1) is 0 Å². The lowest BCUT2D eigenvalue weighted by Gasteiger charge is -2.26. The lowest BCUT2D eigenvalue weighted by atomic mass is 9.99. The Bertz CT molecular complexity index is 402. The first kappa shape index (κ1) is 14.2. The number of methoxy groups -OCH3 is 1. The molecule has 2 N–H and O–H groups in total. The van der Waals surface area contributed by atoms with E-state index in [0.29, 0.717) is 6.54 Å². The largest absolute Gasteiger partial charge is 0.493 e. The molecule has 0 aromatic heterocycles. The molecule has 1 fully saturated rings. The van der Waals surface area contributed by atoms with Crippen molar-refractivity contribution < 1.29 is 14.2 Å². The molecule has 1 aromatic carbocycles. The predicted molar refractivity (Wildman–Crippen MR) is 74.9 cm³/mol. The number of benzene rings is 1. The highest BCUT2D eigenvalue weighted by Gasteiger charge is 2.21. The third-order valence-corrected chi connectivity index (χ3v) is 3.57. The molecule has 1 aliphatic heterocycles. The normalized spacial score (nSPS) is 18.1. The van der Waals surface area contributed by atoms with Crippen LogP contribution in [-0.4, -0.2) is 33.0 Å². The van der Waals surface area contributed by atoms with E-state index in [0.717, 1.165) is 43.1 Å². The zero-order valence-corrected chi connectivity index (χ0v) is 11.7. The van der Waals surface area contributed by atoms with Crippen LogP contribution in [0.25, 0.3) is 0 Å². The number of hydrogen-bond acceptors (Lipinski definition) is 4. The quantitative estimate of drug-likeness (QED) is 0.887. The van der Waals surface area contributed by atoms with E-state index >= 15 is 0 Å². The molecule has 4 nitrogen and oxygen atoms in total. The standard InChI is InChI=1S/C15H23NO3/c1-11(10-16)13-4-3-5-14(17-2)15(13)19-12-6-8-18-9-7-12/h3-5,11-12H,6-10,16H2,1-2H3. The van der Waals surface area contributed by atoms with Crippen molar-refractivity contribution in [2.75, 3.05) is 26.9 Å². The Balaban J connectivity index is 2.24. The molecule has 0 spiro atoms. The van der Waals surface area contributed by atoms with Gasteiger partial charge in [0.1, 0.15) is 6.10 Å². The van der Waals surface area contributed by atoms with Gasteiger partial charge in [-0.2, -0.15) is 0 Å². The Morgan fingerprint density at radius 3 is 2.74 bits per heavy atom. The minimum Gasteiger partial charge on any atom is -0.493 e. The zero-order chi connectivity index (χ0) is 13.7. The smallest absolute Gasteiger partial charge is 0.165 e. The topological polar surface area (TPSA) is 53.7 Å². The molecule has 4 heteroatoms. The highest BCUT2D eigenvalue weighted by Crippen LogP contribution is 2.36. The summed E-state index contributed by atoms with van der Waals surface area (Å²) in [6.45, 7) is 4.23. The van der Waals surface area contributed by atoms with Crippen molar-refractivity contribution in [2.45, 2.75) is 31.8 Å². The van der Waals surface area contributed by atoms with Gasteiger partial charge in [0.05, 0.1) is 20.3 Å². The van der Waals surface area contributed by atoms with E-state index < -0.39 is 0 Å². The second kappa shape index (κ2) is 6.78. The van der Waals surface area contributed by atoms with Crippen molar-refractivity contribution in [1.29, 1.82) is 0 Å². The van der Waals surface area contributed by atoms with Crippen LogP contribution in [0.15, 0.2) is 18.2 Å². The number of rotatable bonds is 5. The summed E-state index contributed by atoms with van der Waals surface area (Å²) in [4.78, 5) is 0. The molecule has 1 aromatic rings. The van der Waals surface area contributed by atoms with Gasteiger partial charge in [0.25, 0.3) is 0 Å². The molecule has 1 heterocycles. The average Bonchev–Trinajstić information content (AvgIpc) is 2.47. The molecule has 19 heavy (non-hydrogen) atoms. The third-order valence-electron chi connectivity index (χ3n) is 3.57. The molecule has 1 aliphatic rings. The minimum absolute atomic E-state index is 0.203. The van der Waals surface area contributed by atoms with Gasteiger partial charge in [-0.05, 0) is 18.5 Å². The van der Waals surface area contributed by atoms with E-state index in [9.17, 15) is 0 Å². The monoisotopic (exact) mass is 265 g/mol. The van der Waals surface area contributed by atoms with Crippen molar-refractivity contribution in [3.63, 3.8) is 0 Å². The summed E-state index contributed by atoms with van der Waals surface area (Å²) in [6.07, 6.45) is 2.05. The first-order valence-electron chi connectivity index (χ1n) is 6.87. The molecule has 0 aliphatic carbocycles. The van der Waals surface area contributed by atoms with E-state index in [2.05, 4.69) is 13.0 Å². The van der Waals surface area contributed by atoms with E-state index in [-0.39, 0.29) is 12.0 Å². The first-order valence-corrected chi connectivity index (χ1v) is 6.87. The summed E-state index contributed by atoms with van der Waals surface area (Å²) in [6, 6.07) is 5.98. The molecule has 1 atom stereocenters. The van der Waals surface area contributed by atoms with Gasteiger partial charge in [0, 0.05) is 18.4 Å². The predicted octanol–water partition coefficient (Wildman–Crippen LogP) is 2.32. The Morgan fingerprint density at radius 2 is 2.11 bits per heavy atom. The minimum atomic E-state index is 0.203. The summed E-state index contributed by atoms with van der Waals surface area (Å²) in [5.74, 6) is 1.88. The Labute approximate surface area is 114 Å². The highest BCUT2D eigenvalue weighted by molar-refractivity contribution is 5.48. The molecule has 0 saturated carbocycles. The maximum atomic E-state index is 6.17. The van der Waals surface area contributed by atoms with Crippen LogP contribution < -0.4 is 15.2 Å². The van der Waals surface area contributed by atoms with Crippen LogP contribution in [-0.2, 0) is 4.74 Å². The summed E-state index contributed by atoms with van der Waals surface area (Å²) in [5.41, 5.74) is 6.90. The Hall–Kier alpha value is -1.26. The second-order valence-corrected chi connectivity index (χ2v) is 4.94. The van der Waals surface area contributed by atoms with E-state index in [1.54, 1.807) is 7.11 Å². The zero-order valence-electron chi connectivity index (χ0n) is 11.7. The van der Waals surface area contributed by atoms with Crippen molar-refractivity contribution in [3.8, 4) is 11.5 Å². The fourth-order valence-electron chi connectivity index (χ4n) is 2.30. The molecule has 2 rings (SSSR count). The van der Waals surface area contributed by atoms with Crippen LogP contribution in [0.2, 0.25) is 0 Å². The number of ether oxygens (including phenoxy) is 3. The maximum Gasteiger partial charge on any atom is 0.165 e. The number of nitrogens with two attached hydrogens (primary N) is 1. The second-order valence-electron chi connectivity index (χ2n) is 4.94. The molecular formula is C15H23NO3. The summed E-state index contributed by atoms with van der Waals surface area (Å²) >= 11 is 0. The van der Waals surface area contributed by atoms with Crippen LogP contribution in [0, 0.1) is 0 Å². The molecular weight excluding hydrogens is 242 g/mol.